The van der Waals surface area contributed by atoms with Crippen LogP contribution in [0.5, 0.6) is 0 Å². The van der Waals surface area contributed by atoms with Crippen LogP contribution in [-0.2, 0) is 0 Å². The lowest BCUT2D eigenvalue weighted by molar-refractivity contribution is 1.66. The van der Waals surface area contributed by atoms with Gasteiger partial charge in [-0.1, -0.05) is 170 Å². The van der Waals surface area contributed by atoms with Crippen LogP contribution in [0.4, 0.5) is 0 Å². The van der Waals surface area contributed by atoms with Crippen LogP contribution in [-0.4, -0.2) is 0 Å². The highest BCUT2D eigenvalue weighted by Gasteiger charge is 2.14. The molecule has 0 fully saturated rings. The fourth-order valence-electron chi connectivity index (χ4n) is 9.41. The molecule has 12 aromatic rings. The van der Waals surface area contributed by atoms with E-state index in [1.165, 1.54) is 119 Å². The molecule has 248 valence electrons. The zero-order valence-corrected chi connectivity index (χ0v) is 29.5. The zero-order valence-electron chi connectivity index (χ0n) is 29.5. The lowest BCUT2D eigenvalue weighted by atomic mass is 9.89. The van der Waals surface area contributed by atoms with Crippen LogP contribution in [0, 0.1) is 0 Å². The highest BCUT2D eigenvalue weighted by atomic mass is 14.2. The fourth-order valence-corrected chi connectivity index (χ4v) is 9.41. The van der Waals surface area contributed by atoms with Crippen LogP contribution in [0.1, 0.15) is 0 Å². The Bertz CT molecular complexity index is 3250. The van der Waals surface area contributed by atoms with Gasteiger partial charge in [-0.2, -0.15) is 0 Å². The van der Waals surface area contributed by atoms with Gasteiger partial charge in [-0.15, -0.1) is 0 Å². The summed E-state index contributed by atoms with van der Waals surface area (Å²) >= 11 is 0. The molecule has 0 aromatic heterocycles. The van der Waals surface area contributed by atoms with Gasteiger partial charge >= 0.3 is 0 Å². The van der Waals surface area contributed by atoms with E-state index in [9.17, 15) is 0 Å². The lowest BCUT2D eigenvalue weighted by Crippen LogP contribution is -1.87. The first-order valence-electron chi connectivity index (χ1n) is 18.8. The van der Waals surface area contributed by atoms with Crippen LogP contribution >= 0.6 is 0 Å². The SMILES string of the molecule is c1ccc2c(c1)c1ccccc1c1c3cc(-c4ccc5ccc(-c6ccc7ccc8c9ccccc9c9ccccc9c8c7c6)cc5c4)ccc3ccc21. The molecule has 0 unspecified atom stereocenters. The van der Waals surface area contributed by atoms with E-state index < -0.39 is 0 Å². The molecule has 0 heterocycles. The van der Waals surface area contributed by atoms with Crippen molar-refractivity contribution in [3.8, 4) is 22.3 Å². The summed E-state index contributed by atoms with van der Waals surface area (Å²) in [5, 5.41) is 23.3. The van der Waals surface area contributed by atoms with Crippen molar-refractivity contribution in [2.24, 2.45) is 0 Å². The summed E-state index contributed by atoms with van der Waals surface area (Å²) in [6.07, 6.45) is 0. The molecule has 0 N–H and O–H groups in total. The third-order valence-corrected chi connectivity index (χ3v) is 12.0. The molecule has 0 amide bonds. The Balaban J connectivity index is 1.03. The average Bonchev–Trinajstić information content (AvgIpc) is 3.25. The Morgan fingerprint density at radius 2 is 0.444 bits per heavy atom. The third kappa shape index (κ3) is 4.26. The normalized spacial score (nSPS) is 12.1. The van der Waals surface area contributed by atoms with Crippen molar-refractivity contribution >= 4 is 97.0 Å². The molecule has 12 rings (SSSR count). The smallest absolute Gasteiger partial charge is 0.00201 e. The molecule has 0 aliphatic carbocycles. The summed E-state index contributed by atoms with van der Waals surface area (Å²) < 4.78 is 0. The molecule has 0 spiro atoms. The van der Waals surface area contributed by atoms with Gasteiger partial charge in [-0.05, 0) is 143 Å². The average molecular weight is 681 g/mol. The van der Waals surface area contributed by atoms with E-state index in [0.29, 0.717) is 0 Å². The monoisotopic (exact) mass is 680 g/mol. The molecule has 0 radical (unpaired) electrons. The topological polar surface area (TPSA) is 0 Å². The number of fused-ring (bicyclic) bond motifs is 17. The molecule has 0 bridgehead atoms. The van der Waals surface area contributed by atoms with Crippen molar-refractivity contribution in [3.63, 3.8) is 0 Å². The maximum absolute atomic E-state index is 2.41. The third-order valence-electron chi connectivity index (χ3n) is 12.0. The molecule has 12 aromatic carbocycles. The molecule has 54 heavy (non-hydrogen) atoms. The van der Waals surface area contributed by atoms with E-state index in [-0.39, 0.29) is 0 Å². The van der Waals surface area contributed by atoms with Gasteiger partial charge in [0.05, 0.1) is 0 Å². The maximum Gasteiger partial charge on any atom is -0.00201 e. The van der Waals surface area contributed by atoms with E-state index in [4.69, 9.17) is 0 Å². The number of benzene rings is 12. The molecule has 0 saturated heterocycles. The molecule has 0 aliphatic heterocycles. The largest absolute Gasteiger partial charge is 0.0616 e. The Hall–Kier alpha value is -7.02. The van der Waals surface area contributed by atoms with Gasteiger partial charge in [0, 0.05) is 0 Å². The van der Waals surface area contributed by atoms with Crippen LogP contribution in [0.2, 0.25) is 0 Å². The standard InChI is InChI=1S/C54H32/c1-3-13-45-41(9-1)43-11-5-7-15-47(43)53-49(45)27-25-34-19-23-38(31-51(34)53)36-21-17-33-18-22-37(30-40(33)29-36)39-24-20-35-26-28-50-46-14-4-2-10-42(46)44-12-6-8-16-48(44)54(50)52(35)32-39/h1-32H. The minimum absolute atomic E-state index is 1.23. The highest BCUT2D eigenvalue weighted by Crippen LogP contribution is 2.42. The molecule has 0 atom stereocenters. The van der Waals surface area contributed by atoms with E-state index >= 15 is 0 Å². The van der Waals surface area contributed by atoms with E-state index in [0.717, 1.165) is 0 Å². The van der Waals surface area contributed by atoms with Crippen molar-refractivity contribution < 1.29 is 0 Å². The second-order valence-electron chi connectivity index (χ2n) is 14.8. The molecule has 0 heteroatoms. The van der Waals surface area contributed by atoms with Gasteiger partial charge in [0.15, 0.2) is 0 Å². The molecule has 0 aliphatic rings. The van der Waals surface area contributed by atoms with Gasteiger partial charge in [-0.25, -0.2) is 0 Å². The predicted octanol–water partition coefficient (Wildman–Crippen LogP) is 15.4. The molecule has 0 nitrogen and oxygen atoms in total. The van der Waals surface area contributed by atoms with Gasteiger partial charge in [-0.3, -0.25) is 0 Å². The maximum atomic E-state index is 2.41. The zero-order chi connectivity index (χ0) is 35.3. The Morgan fingerprint density at radius 3 is 0.833 bits per heavy atom. The number of hydrogen-bond donors (Lipinski definition) is 0. The summed E-state index contributed by atoms with van der Waals surface area (Å²) in [7, 11) is 0. The second kappa shape index (κ2) is 11.2. The highest BCUT2D eigenvalue weighted by molar-refractivity contribution is 6.33. The summed E-state index contributed by atoms with van der Waals surface area (Å²) in [5.74, 6) is 0. The van der Waals surface area contributed by atoms with Gasteiger partial charge in [0.1, 0.15) is 0 Å². The van der Waals surface area contributed by atoms with Crippen LogP contribution < -0.4 is 0 Å². The van der Waals surface area contributed by atoms with Gasteiger partial charge in [0.2, 0.25) is 0 Å². The minimum Gasteiger partial charge on any atom is -0.0616 e. The Kier molecular flexibility index (Phi) is 6.15. The Morgan fingerprint density at radius 1 is 0.167 bits per heavy atom. The molecular weight excluding hydrogens is 649 g/mol. The van der Waals surface area contributed by atoms with E-state index in [2.05, 4.69) is 194 Å². The van der Waals surface area contributed by atoms with Gasteiger partial charge < -0.3 is 0 Å². The summed E-state index contributed by atoms with van der Waals surface area (Å²) in [5.41, 5.74) is 4.92. The first-order valence-corrected chi connectivity index (χ1v) is 18.8. The quantitative estimate of drug-likeness (QED) is 0.159. The first-order chi connectivity index (χ1) is 26.8. The predicted molar refractivity (Wildman–Crippen MR) is 235 cm³/mol. The molecule has 0 saturated carbocycles. The summed E-state index contributed by atoms with van der Waals surface area (Å²) in [4.78, 5) is 0. The van der Waals surface area contributed by atoms with Crippen molar-refractivity contribution in [2.75, 3.05) is 0 Å². The summed E-state index contributed by atoms with van der Waals surface area (Å²) in [6.45, 7) is 0. The number of rotatable bonds is 2. The van der Waals surface area contributed by atoms with Crippen LogP contribution in [0.15, 0.2) is 194 Å². The van der Waals surface area contributed by atoms with Crippen molar-refractivity contribution in [3.05, 3.63) is 194 Å². The number of hydrogen-bond acceptors (Lipinski definition) is 0. The van der Waals surface area contributed by atoms with E-state index in [1.807, 2.05) is 0 Å². The minimum atomic E-state index is 1.23. The fraction of sp³-hybridized carbons (Fsp3) is 0. The van der Waals surface area contributed by atoms with E-state index in [1.54, 1.807) is 0 Å². The van der Waals surface area contributed by atoms with Crippen molar-refractivity contribution in [1.82, 2.24) is 0 Å². The molecular formula is C54H32. The Labute approximate surface area is 312 Å². The van der Waals surface area contributed by atoms with Crippen LogP contribution in [0.25, 0.3) is 119 Å². The van der Waals surface area contributed by atoms with Crippen molar-refractivity contribution in [1.29, 1.82) is 0 Å². The van der Waals surface area contributed by atoms with Crippen LogP contribution in [0.3, 0.4) is 0 Å². The second-order valence-corrected chi connectivity index (χ2v) is 14.8. The van der Waals surface area contributed by atoms with Crippen molar-refractivity contribution in [2.45, 2.75) is 0 Å². The lowest BCUT2D eigenvalue weighted by Gasteiger charge is -2.14. The van der Waals surface area contributed by atoms with Gasteiger partial charge in [0.25, 0.3) is 0 Å². The first kappa shape index (κ1) is 29.5. The summed E-state index contributed by atoms with van der Waals surface area (Å²) in [6, 6.07) is 72.4.